The van der Waals surface area contributed by atoms with E-state index in [1.165, 1.54) is 7.11 Å². The molecule has 0 N–H and O–H groups in total. The molecule has 25 heavy (non-hydrogen) atoms. The van der Waals surface area contributed by atoms with Gasteiger partial charge in [-0.05, 0) is 52.2 Å². The van der Waals surface area contributed by atoms with E-state index in [9.17, 15) is 9.59 Å². The van der Waals surface area contributed by atoms with Crippen molar-refractivity contribution in [2.75, 3.05) is 20.8 Å². The van der Waals surface area contributed by atoms with Crippen LogP contribution in [0.1, 0.15) is 21.5 Å². The fourth-order valence-corrected chi connectivity index (χ4v) is 2.74. The van der Waals surface area contributed by atoms with Gasteiger partial charge in [-0.2, -0.15) is 0 Å². The highest BCUT2D eigenvalue weighted by Crippen LogP contribution is 2.26. The Balaban J connectivity index is 1.95. The van der Waals surface area contributed by atoms with Crippen LogP contribution in [0.2, 0.25) is 0 Å². The predicted octanol–water partition coefficient (Wildman–Crippen LogP) is 3.58. The Labute approximate surface area is 155 Å². The number of rotatable bonds is 6. The number of esters is 1. The van der Waals surface area contributed by atoms with Crippen molar-refractivity contribution in [1.29, 1.82) is 0 Å². The first-order chi connectivity index (χ1) is 11.9. The van der Waals surface area contributed by atoms with Gasteiger partial charge in [-0.1, -0.05) is 24.3 Å². The van der Waals surface area contributed by atoms with Crippen LogP contribution in [0.25, 0.3) is 0 Å². The van der Waals surface area contributed by atoms with Crippen molar-refractivity contribution in [3.05, 3.63) is 63.6 Å². The summed E-state index contributed by atoms with van der Waals surface area (Å²) in [5, 5.41) is 0. The zero-order chi connectivity index (χ0) is 18.4. The molecule has 0 heterocycles. The Morgan fingerprint density at radius 1 is 1.16 bits per heavy atom. The molecule has 2 aromatic carbocycles. The molecule has 0 spiro atoms. The zero-order valence-electron chi connectivity index (χ0n) is 14.4. The van der Waals surface area contributed by atoms with Gasteiger partial charge >= 0.3 is 5.97 Å². The smallest absolute Gasteiger partial charge is 0.337 e. The Bertz CT molecular complexity index is 776. The largest absolute Gasteiger partial charge is 0.483 e. The highest BCUT2D eigenvalue weighted by Gasteiger charge is 2.13. The second kappa shape index (κ2) is 8.67. The molecule has 2 aromatic rings. The summed E-state index contributed by atoms with van der Waals surface area (Å²) in [6.07, 6.45) is 0. The van der Waals surface area contributed by atoms with Crippen molar-refractivity contribution >= 4 is 27.8 Å². The molecule has 0 radical (unpaired) electrons. The number of hydrogen-bond acceptors (Lipinski definition) is 4. The molecule has 6 heteroatoms. The quantitative estimate of drug-likeness (QED) is 0.689. The van der Waals surface area contributed by atoms with Crippen molar-refractivity contribution in [2.45, 2.75) is 13.5 Å². The van der Waals surface area contributed by atoms with E-state index in [-0.39, 0.29) is 12.5 Å². The molecular weight excluding hydrogens is 386 g/mol. The Morgan fingerprint density at radius 2 is 1.88 bits per heavy atom. The number of halogens is 1. The van der Waals surface area contributed by atoms with E-state index >= 15 is 0 Å². The van der Waals surface area contributed by atoms with Crippen LogP contribution in [-0.4, -0.2) is 37.5 Å². The van der Waals surface area contributed by atoms with Crippen molar-refractivity contribution < 1.29 is 19.1 Å². The molecule has 5 nitrogen and oxygen atoms in total. The Hall–Kier alpha value is -2.34. The van der Waals surface area contributed by atoms with Crippen molar-refractivity contribution in [1.82, 2.24) is 4.90 Å². The number of likely N-dealkylation sites (N-methyl/N-ethyl adjacent to an activating group) is 1. The number of methoxy groups -OCH3 is 1. The summed E-state index contributed by atoms with van der Waals surface area (Å²) in [6, 6.07) is 12.8. The maximum atomic E-state index is 12.3. The third-order valence-electron chi connectivity index (χ3n) is 3.80. The average molecular weight is 406 g/mol. The van der Waals surface area contributed by atoms with Gasteiger partial charge in [0.25, 0.3) is 5.91 Å². The molecule has 0 fully saturated rings. The molecular formula is C19H20BrNO4. The van der Waals surface area contributed by atoms with Crippen molar-refractivity contribution in [2.24, 2.45) is 0 Å². The van der Waals surface area contributed by atoms with Gasteiger partial charge in [0.1, 0.15) is 5.75 Å². The first kappa shape index (κ1) is 19.0. The second-order valence-electron chi connectivity index (χ2n) is 5.60. The van der Waals surface area contributed by atoms with Crippen LogP contribution in [0.4, 0.5) is 0 Å². The van der Waals surface area contributed by atoms with Crippen molar-refractivity contribution in [3.63, 3.8) is 0 Å². The van der Waals surface area contributed by atoms with E-state index in [0.29, 0.717) is 22.3 Å². The van der Waals surface area contributed by atoms with E-state index in [4.69, 9.17) is 4.74 Å². The zero-order valence-corrected chi connectivity index (χ0v) is 16.0. The standard InChI is InChI=1S/C19H20BrNO4/c1-13-6-4-5-7-15(13)11-21(2)18(22)12-25-17-9-8-14(10-16(17)20)19(23)24-3/h4-10H,11-12H2,1-3H3. The number of amides is 1. The first-order valence-corrected chi connectivity index (χ1v) is 8.50. The molecule has 0 aromatic heterocycles. The van der Waals surface area contributed by atoms with Crippen LogP contribution < -0.4 is 4.74 Å². The summed E-state index contributed by atoms with van der Waals surface area (Å²) >= 11 is 3.34. The van der Waals surface area contributed by atoms with Crippen molar-refractivity contribution in [3.8, 4) is 5.75 Å². The number of hydrogen-bond donors (Lipinski definition) is 0. The average Bonchev–Trinajstić information content (AvgIpc) is 2.61. The lowest BCUT2D eigenvalue weighted by atomic mass is 10.1. The topological polar surface area (TPSA) is 55.8 Å². The third kappa shape index (κ3) is 5.06. The maximum absolute atomic E-state index is 12.3. The van der Waals surface area contributed by atoms with E-state index in [2.05, 4.69) is 20.7 Å². The minimum absolute atomic E-state index is 0.0848. The molecule has 1 amide bonds. The SMILES string of the molecule is COC(=O)c1ccc(OCC(=O)N(C)Cc2ccccc2C)c(Br)c1. The fourth-order valence-electron chi connectivity index (χ4n) is 2.24. The van der Waals surface area contributed by atoms with Gasteiger partial charge in [0, 0.05) is 13.6 Å². The summed E-state index contributed by atoms with van der Waals surface area (Å²) < 4.78 is 10.8. The molecule has 0 aliphatic carbocycles. The predicted molar refractivity (Wildman–Crippen MR) is 98.6 cm³/mol. The van der Waals surface area contributed by atoms with Gasteiger partial charge in [-0.3, -0.25) is 4.79 Å². The number of carbonyl (C=O) groups excluding carboxylic acids is 2. The summed E-state index contributed by atoms with van der Waals surface area (Å²) in [6.45, 7) is 2.46. The second-order valence-corrected chi connectivity index (χ2v) is 6.46. The fraction of sp³-hybridized carbons (Fsp3) is 0.263. The van der Waals surface area contributed by atoms with Gasteiger partial charge in [-0.25, -0.2) is 4.79 Å². The van der Waals surface area contributed by atoms with Crippen LogP contribution in [0.5, 0.6) is 5.75 Å². The van der Waals surface area contributed by atoms with Gasteiger partial charge in [0.05, 0.1) is 17.1 Å². The van der Waals surface area contributed by atoms with E-state index in [1.807, 2.05) is 31.2 Å². The summed E-state index contributed by atoms with van der Waals surface area (Å²) in [5.74, 6) is -0.0706. The van der Waals surface area contributed by atoms with Gasteiger partial charge in [0.2, 0.25) is 0 Å². The molecule has 0 unspecified atom stereocenters. The van der Waals surface area contributed by atoms with Gasteiger partial charge < -0.3 is 14.4 Å². The summed E-state index contributed by atoms with van der Waals surface area (Å²) in [7, 11) is 3.07. The van der Waals surface area contributed by atoms with Gasteiger partial charge in [-0.15, -0.1) is 0 Å². The van der Waals surface area contributed by atoms with Crippen LogP contribution in [0.15, 0.2) is 46.9 Å². The van der Waals surface area contributed by atoms with E-state index in [0.717, 1.165) is 11.1 Å². The number of carbonyl (C=O) groups is 2. The maximum Gasteiger partial charge on any atom is 0.337 e. The minimum Gasteiger partial charge on any atom is -0.483 e. The van der Waals surface area contributed by atoms with Crippen LogP contribution in [-0.2, 0) is 16.1 Å². The van der Waals surface area contributed by atoms with Crippen LogP contribution in [0.3, 0.4) is 0 Å². The highest BCUT2D eigenvalue weighted by atomic mass is 79.9. The summed E-state index contributed by atoms with van der Waals surface area (Å²) in [4.78, 5) is 25.4. The lowest BCUT2D eigenvalue weighted by Gasteiger charge is -2.19. The third-order valence-corrected chi connectivity index (χ3v) is 4.42. The lowest BCUT2D eigenvalue weighted by Crippen LogP contribution is -2.31. The molecule has 0 saturated heterocycles. The highest BCUT2D eigenvalue weighted by molar-refractivity contribution is 9.10. The molecule has 2 rings (SSSR count). The first-order valence-electron chi connectivity index (χ1n) is 7.71. The molecule has 0 bridgehead atoms. The van der Waals surface area contributed by atoms with Gasteiger partial charge in [0.15, 0.2) is 6.61 Å². The monoisotopic (exact) mass is 405 g/mol. The molecule has 0 saturated carbocycles. The number of benzene rings is 2. The molecule has 0 aliphatic heterocycles. The molecule has 0 aliphatic rings. The molecule has 132 valence electrons. The van der Waals surface area contributed by atoms with E-state index < -0.39 is 5.97 Å². The lowest BCUT2D eigenvalue weighted by molar-refractivity contribution is -0.132. The van der Waals surface area contributed by atoms with E-state index in [1.54, 1.807) is 30.1 Å². The van der Waals surface area contributed by atoms with Crippen LogP contribution in [0, 0.1) is 6.92 Å². The Morgan fingerprint density at radius 3 is 2.52 bits per heavy atom. The molecule has 0 atom stereocenters. The number of nitrogens with zero attached hydrogens (tertiary/aromatic N) is 1. The van der Waals surface area contributed by atoms with Crippen LogP contribution >= 0.6 is 15.9 Å². The summed E-state index contributed by atoms with van der Waals surface area (Å²) in [5.41, 5.74) is 2.65. The minimum atomic E-state index is -0.429. The number of aryl methyl sites for hydroxylation is 1. The Kier molecular flexibility index (Phi) is 6.58. The normalized spacial score (nSPS) is 10.2. The number of ether oxygens (including phenoxy) is 2.